The van der Waals surface area contributed by atoms with Gasteiger partial charge >= 0.3 is 5.97 Å². The van der Waals surface area contributed by atoms with Crippen LogP contribution < -0.4 is 4.90 Å². The highest BCUT2D eigenvalue weighted by Crippen LogP contribution is 2.46. The number of aromatic nitrogens is 2. The number of benzene rings is 2. The van der Waals surface area contributed by atoms with Gasteiger partial charge in [-0.15, -0.1) is 0 Å². The highest BCUT2D eigenvalue weighted by Gasteiger charge is 2.38. The molecule has 6 heteroatoms. The SMILES string of the molecule is CN1/C(=C\C(=O)COC(=O)/C=C/c2cnc3ccccc3n2)C(C)(C)c2ccccc21. The van der Waals surface area contributed by atoms with Gasteiger partial charge in [-0.05, 0) is 29.8 Å². The fraction of sp³-hybridized carbons (Fsp3) is 0.200. The predicted molar refractivity (Wildman–Crippen MR) is 120 cm³/mol. The number of para-hydroxylation sites is 3. The van der Waals surface area contributed by atoms with Crippen LogP contribution in [0.25, 0.3) is 17.1 Å². The zero-order chi connectivity index (χ0) is 22.0. The summed E-state index contributed by atoms with van der Waals surface area (Å²) in [4.78, 5) is 35.3. The highest BCUT2D eigenvalue weighted by molar-refractivity contribution is 5.96. The maximum Gasteiger partial charge on any atom is 0.331 e. The second kappa shape index (κ2) is 8.14. The van der Waals surface area contributed by atoms with Crippen LogP contribution in [0.15, 0.2) is 72.6 Å². The fourth-order valence-corrected chi connectivity index (χ4v) is 3.85. The molecule has 0 bridgehead atoms. The maximum atomic E-state index is 12.5. The van der Waals surface area contributed by atoms with Crippen molar-refractivity contribution in [1.82, 2.24) is 9.97 Å². The highest BCUT2D eigenvalue weighted by atomic mass is 16.5. The summed E-state index contributed by atoms with van der Waals surface area (Å²) >= 11 is 0. The van der Waals surface area contributed by atoms with Crippen molar-refractivity contribution in [2.45, 2.75) is 19.3 Å². The van der Waals surface area contributed by atoms with Crippen molar-refractivity contribution in [2.75, 3.05) is 18.6 Å². The van der Waals surface area contributed by atoms with Crippen LogP contribution in [0.4, 0.5) is 5.69 Å². The number of carbonyl (C=O) groups is 2. The molecule has 156 valence electrons. The Balaban J connectivity index is 1.39. The summed E-state index contributed by atoms with van der Waals surface area (Å²) < 4.78 is 5.12. The quantitative estimate of drug-likeness (QED) is 0.464. The lowest BCUT2D eigenvalue weighted by Crippen LogP contribution is -2.25. The summed E-state index contributed by atoms with van der Waals surface area (Å²) in [6, 6.07) is 15.5. The minimum absolute atomic E-state index is 0.269. The van der Waals surface area contributed by atoms with Gasteiger partial charge in [0.2, 0.25) is 0 Å². The Morgan fingerprint density at radius 3 is 2.55 bits per heavy atom. The van der Waals surface area contributed by atoms with Gasteiger partial charge in [-0.2, -0.15) is 0 Å². The van der Waals surface area contributed by atoms with Crippen LogP contribution in [-0.4, -0.2) is 35.4 Å². The van der Waals surface area contributed by atoms with Gasteiger partial charge in [0.05, 0.1) is 22.9 Å². The number of hydrogen-bond donors (Lipinski definition) is 0. The molecule has 3 aromatic rings. The van der Waals surface area contributed by atoms with Crippen molar-refractivity contribution >= 4 is 34.5 Å². The minimum Gasteiger partial charge on any atom is -0.454 e. The molecule has 4 rings (SSSR count). The fourth-order valence-electron chi connectivity index (χ4n) is 3.85. The van der Waals surface area contributed by atoms with E-state index in [1.54, 1.807) is 12.3 Å². The first-order valence-electron chi connectivity index (χ1n) is 10.0. The molecule has 1 aliphatic heterocycles. The Labute approximate surface area is 180 Å². The zero-order valence-corrected chi connectivity index (χ0v) is 17.7. The summed E-state index contributed by atoms with van der Waals surface area (Å²) in [7, 11) is 1.94. The maximum absolute atomic E-state index is 12.5. The Hall–Kier alpha value is -3.80. The summed E-state index contributed by atoms with van der Waals surface area (Å²) in [5, 5.41) is 0. The number of allylic oxidation sites excluding steroid dienone is 1. The third-order valence-corrected chi connectivity index (χ3v) is 5.45. The Kier molecular flexibility index (Phi) is 5.38. The molecule has 0 spiro atoms. The number of carbonyl (C=O) groups excluding carboxylic acids is 2. The molecule has 1 aliphatic rings. The van der Waals surface area contributed by atoms with E-state index in [0.717, 1.165) is 28.0 Å². The van der Waals surface area contributed by atoms with Gasteiger partial charge in [-0.25, -0.2) is 9.78 Å². The second-order valence-corrected chi connectivity index (χ2v) is 7.92. The van der Waals surface area contributed by atoms with Gasteiger partial charge in [0, 0.05) is 36.0 Å². The van der Waals surface area contributed by atoms with Crippen LogP contribution in [0.1, 0.15) is 25.1 Å². The van der Waals surface area contributed by atoms with Gasteiger partial charge in [0.25, 0.3) is 0 Å². The van der Waals surface area contributed by atoms with E-state index in [0.29, 0.717) is 5.69 Å². The largest absolute Gasteiger partial charge is 0.454 e. The summed E-state index contributed by atoms with van der Waals surface area (Å²) in [5.74, 6) is -0.876. The molecule has 0 radical (unpaired) electrons. The van der Waals surface area contributed by atoms with Gasteiger partial charge in [-0.1, -0.05) is 44.2 Å². The van der Waals surface area contributed by atoms with Gasteiger partial charge in [-0.3, -0.25) is 9.78 Å². The molecule has 0 fully saturated rings. The van der Waals surface area contributed by atoms with Crippen LogP contribution in [0.5, 0.6) is 0 Å². The molecule has 0 N–H and O–H groups in total. The molecule has 0 saturated carbocycles. The lowest BCUT2D eigenvalue weighted by molar-refractivity contribution is -0.141. The molecule has 2 heterocycles. The molecule has 6 nitrogen and oxygen atoms in total. The average molecular weight is 413 g/mol. The van der Waals surface area contributed by atoms with E-state index in [1.807, 2.05) is 54.4 Å². The standard InChI is InChI=1S/C25H23N3O3/c1-25(2)19-8-4-7-11-22(19)28(3)23(25)14-18(29)16-31-24(30)13-12-17-15-26-20-9-5-6-10-21(20)27-17/h4-15H,16H2,1-3H3/b13-12+,23-14-. The molecule has 0 aliphatic carbocycles. The number of anilines is 1. The van der Waals surface area contributed by atoms with E-state index in [1.165, 1.54) is 12.2 Å². The Bertz CT molecular complexity index is 1230. The van der Waals surface area contributed by atoms with Crippen LogP contribution in [-0.2, 0) is 19.7 Å². The minimum atomic E-state index is -0.607. The molecule has 2 aromatic carbocycles. The molecule has 0 amide bonds. The van der Waals surface area contributed by atoms with Crippen LogP contribution in [0.3, 0.4) is 0 Å². The third kappa shape index (κ3) is 4.10. The van der Waals surface area contributed by atoms with E-state index in [9.17, 15) is 9.59 Å². The van der Waals surface area contributed by atoms with Crippen LogP contribution in [0, 0.1) is 0 Å². The number of ketones is 1. The number of esters is 1. The van der Waals surface area contributed by atoms with Crippen molar-refractivity contribution in [3.63, 3.8) is 0 Å². The number of rotatable bonds is 5. The van der Waals surface area contributed by atoms with E-state index in [2.05, 4.69) is 29.9 Å². The van der Waals surface area contributed by atoms with Crippen LogP contribution >= 0.6 is 0 Å². The molecule has 0 atom stereocenters. The lowest BCUT2D eigenvalue weighted by atomic mass is 9.83. The van der Waals surface area contributed by atoms with Crippen molar-refractivity contribution in [1.29, 1.82) is 0 Å². The molecule has 31 heavy (non-hydrogen) atoms. The van der Waals surface area contributed by atoms with Gasteiger partial charge in [0.15, 0.2) is 12.4 Å². The normalized spacial score (nSPS) is 16.1. The van der Waals surface area contributed by atoms with Gasteiger partial charge < -0.3 is 9.64 Å². The molecular formula is C25H23N3O3. The summed E-state index contributed by atoms with van der Waals surface area (Å²) in [6.07, 6.45) is 5.92. The summed E-state index contributed by atoms with van der Waals surface area (Å²) in [6.45, 7) is 3.83. The number of fused-ring (bicyclic) bond motifs is 2. The van der Waals surface area contributed by atoms with Crippen molar-refractivity contribution in [3.05, 3.63) is 83.8 Å². The second-order valence-electron chi connectivity index (χ2n) is 7.92. The lowest BCUT2D eigenvalue weighted by Gasteiger charge is -2.23. The number of likely N-dealkylation sites (N-methyl/N-ethyl adjacent to an activating group) is 1. The Morgan fingerprint density at radius 2 is 1.77 bits per heavy atom. The first kappa shape index (κ1) is 20.5. The molecule has 0 unspecified atom stereocenters. The monoisotopic (exact) mass is 413 g/mol. The van der Waals surface area contributed by atoms with E-state index in [4.69, 9.17) is 4.74 Å². The molecule has 0 saturated heterocycles. The number of nitrogens with zero attached hydrogens (tertiary/aromatic N) is 3. The van der Waals surface area contributed by atoms with Crippen molar-refractivity contribution in [3.8, 4) is 0 Å². The smallest absolute Gasteiger partial charge is 0.331 e. The van der Waals surface area contributed by atoms with E-state index >= 15 is 0 Å². The topological polar surface area (TPSA) is 72.4 Å². The predicted octanol–water partition coefficient (Wildman–Crippen LogP) is 4.07. The van der Waals surface area contributed by atoms with Crippen molar-refractivity contribution in [2.24, 2.45) is 0 Å². The van der Waals surface area contributed by atoms with Gasteiger partial charge in [0.1, 0.15) is 0 Å². The zero-order valence-electron chi connectivity index (χ0n) is 17.7. The number of ether oxygens (including phenoxy) is 1. The molecular weight excluding hydrogens is 390 g/mol. The average Bonchev–Trinajstić information content (AvgIpc) is 2.97. The van der Waals surface area contributed by atoms with E-state index < -0.39 is 5.97 Å². The van der Waals surface area contributed by atoms with Crippen molar-refractivity contribution < 1.29 is 14.3 Å². The number of hydrogen-bond acceptors (Lipinski definition) is 6. The first-order chi connectivity index (χ1) is 14.9. The summed E-state index contributed by atoms with van der Waals surface area (Å²) in [5.41, 5.74) is 4.86. The Morgan fingerprint density at radius 1 is 1.06 bits per heavy atom. The van der Waals surface area contributed by atoms with E-state index in [-0.39, 0.29) is 17.8 Å². The third-order valence-electron chi connectivity index (χ3n) is 5.45. The molecule has 1 aromatic heterocycles. The first-order valence-corrected chi connectivity index (χ1v) is 10.0. The van der Waals surface area contributed by atoms with Crippen LogP contribution in [0.2, 0.25) is 0 Å².